The van der Waals surface area contributed by atoms with Crippen molar-refractivity contribution in [3.05, 3.63) is 70.2 Å². The van der Waals surface area contributed by atoms with Gasteiger partial charge in [-0.25, -0.2) is 0 Å². The minimum absolute atomic E-state index is 0.0239. The zero-order valence-electron chi connectivity index (χ0n) is 18.4. The Morgan fingerprint density at radius 1 is 0.968 bits per heavy atom. The molecule has 5 heteroatoms. The molecule has 1 saturated carbocycles. The molecule has 2 amide bonds. The molecule has 0 radical (unpaired) electrons. The van der Waals surface area contributed by atoms with Gasteiger partial charge in [0.15, 0.2) is 0 Å². The van der Waals surface area contributed by atoms with Gasteiger partial charge in [-0.05, 0) is 62.1 Å². The number of nitrogens with zero attached hydrogens (tertiary/aromatic N) is 2. The van der Waals surface area contributed by atoms with Crippen LogP contribution in [0.2, 0.25) is 5.02 Å². The summed E-state index contributed by atoms with van der Waals surface area (Å²) in [4.78, 5) is 30.7. The van der Waals surface area contributed by atoms with Crippen molar-refractivity contribution in [3.63, 3.8) is 0 Å². The number of hydrogen-bond acceptors (Lipinski definition) is 2. The van der Waals surface area contributed by atoms with Gasteiger partial charge in [0.1, 0.15) is 12.6 Å². The zero-order valence-corrected chi connectivity index (χ0v) is 19.1. The lowest BCUT2D eigenvalue weighted by molar-refractivity contribution is -0.159. The van der Waals surface area contributed by atoms with E-state index in [0.29, 0.717) is 23.9 Å². The Bertz CT molecular complexity index is 935. The second-order valence-corrected chi connectivity index (χ2v) is 9.53. The first-order valence-electron chi connectivity index (χ1n) is 11.3. The van der Waals surface area contributed by atoms with E-state index in [-0.39, 0.29) is 24.4 Å². The predicted molar refractivity (Wildman–Crippen MR) is 124 cm³/mol. The van der Waals surface area contributed by atoms with Crippen molar-refractivity contribution in [2.75, 3.05) is 13.1 Å². The number of carbonyl (C=O) groups is 2. The maximum atomic E-state index is 13.7. The maximum Gasteiger partial charge on any atom is 0.250 e. The number of amides is 2. The number of hydrogen-bond donors (Lipinski definition) is 0. The van der Waals surface area contributed by atoms with Gasteiger partial charge in [-0.1, -0.05) is 66.6 Å². The maximum absolute atomic E-state index is 13.7. The minimum atomic E-state index is -0.566. The molecule has 1 heterocycles. The molecule has 0 N–H and O–H groups in total. The van der Waals surface area contributed by atoms with Crippen LogP contribution in [0.15, 0.2) is 48.5 Å². The summed E-state index contributed by atoms with van der Waals surface area (Å²) in [6.45, 7) is 4.96. The zero-order chi connectivity index (χ0) is 22.0. The fourth-order valence-corrected chi connectivity index (χ4v) is 5.11. The number of halogens is 1. The van der Waals surface area contributed by atoms with E-state index in [1.807, 2.05) is 60.4 Å². The summed E-state index contributed by atoms with van der Waals surface area (Å²) in [7, 11) is 0. The topological polar surface area (TPSA) is 40.6 Å². The van der Waals surface area contributed by atoms with Crippen molar-refractivity contribution >= 4 is 23.4 Å². The third kappa shape index (κ3) is 4.79. The Balaban J connectivity index is 1.60. The van der Waals surface area contributed by atoms with Gasteiger partial charge >= 0.3 is 0 Å². The Morgan fingerprint density at radius 3 is 2.32 bits per heavy atom. The first-order valence-corrected chi connectivity index (χ1v) is 11.7. The van der Waals surface area contributed by atoms with Gasteiger partial charge in [0.25, 0.3) is 5.91 Å². The Morgan fingerprint density at radius 2 is 1.65 bits per heavy atom. The highest BCUT2D eigenvalue weighted by Gasteiger charge is 2.43. The SMILES string of the molecule is Cc1ccc([C@H]2C(=O)N(C3CCC(C)CC3)CC(=O)N2CCc2ccccc2Cl)cc1. The highest BCUT2D eigenvalue weighted by Crippen LogP contribution is 2.34. The number of benzene rings is 2. The summed E-state index contributed by atoms with van der Waals surface area (Å²) in [5.74, 6) is 0.782. The average molecular weight is 439 g/mol. The largest absolute Gasteiger partial charge is 0.328 e. The second-order valence-electron chi connectivity index (χ2n) is 9.12. The molecule has 31 heavy (non-hydrogen) atoms. The summed E-state index contributed by atoms with van der Waals surface area (Å²) in [5.41, 5.74) is 3.02. The van der Waals surface area contributed by atoms with Crippen molar-refractivity contribution in [1.29, 1.82) is 0 Å². The molecule has 4 rings (SSSR count). The van der Waals surface area contributed by atoms with Gasteiger partial charge in [0, 0.05) is 17.6 Å². The number of aryl methyl sites for hydroxylation is 1. The molecular formula is C26H31ClN2O2. The van der Waals surface area contributed by atoms with Crippen molar-refractivity contribution in [1.82, 2.24) is 9.80 Å². The fourth-order valence-electron chi connectivity index (χ4n) is 4.88. The lowest BCUT2D eigenvalue weighted by Crippen LogP contribution is -2.59. The molecule has 1 atom stereocenters. The first-order chi connectivity index (χ1) is 14.9. The highest BCUT2D eigenvalue weighted by molar-refractivity contribution is 6.31. The van der Waals surface area contributed by atoms with E-state index >= 15 is 0 Å². The van der Waals surface area contributed by atoms with E-state index in [2.05, 4.69) is 6.92 Å². The number of piperazine rings is 1. The van der Waals surface area contributed by atoms with E-state index in [0.717, 1.165) is 42.4 Å². The van der Waals surface area contributed by atoms with E-state index in [1.165, 1.54) is 0 Å². The molecule has 2 aromatic rings. The molecule has 0 bridgehead atoms. The molecule has 2 fully saturated rings. The van der Waals surface area contributed by atoms with Gasteiger partial charge in [-0.15, -0.1) is 0 Å². The van der Waals surface area contributed by atoms with Crippen LogP contribution in [0.3, 0.4) is 0 Å². The van der Waals surface area contributed by atoms with Crippen molar-refractivity contribution < 1.29 is 9.59 Å². The highest BCUT2D eigenvalue weighted by atomic mass is 35.5. The molecule has 0 aromatic heterocycles. The average Bonchev–Trinajstić information content (AvgIpc) is 2.76. The third-order valence-electron chi connectivity index (χ3n) is 6.85. The standard InChI is InChI=1S/C26H31ClN2O2/c1-18-7-11-21(12-8-18)25-26(31)29(22-13-9-19(2)10-14-22)17-24(30)28(25)16-15-20-5-3-4-6-23(20)27/h3-8,11-12,19,22,25H,9-10,13-17H2,1-2H3/t19?,22?,25-/m0/s1. The van der Waals surface area contributed by atoms with Crippen LogP contribution in [-0.2, 0) is 16.0 Å². The monoisotopic (exact) mass is 438 g/mol. The molecule has 2 aromatic carbocycles. The van der Waals surface area contributed by atoms with Crippen LogP contribution in [0, 0.1) is 12.8 Å². The van der Waals surface area contributed by atoms with E-state index < -0.39 is 6.04 Å². The molecule has 1 saturated heterocycles. The van der Waals surface area contributed by atoms with Crippen molar-refractivity contribution in [2.45, 2.75) is 58.0 Å². The molecule has 0 unspecified atom stereocenters. The summed E-state index contributed by atoms with van der Waals surface area (Å²) in [6, 6.07) is 15.3. The number of carbonyl (C=O) groups excluding carboxylic acids is 2. The molecule has 164 valence electrons. The second kappa shape index (κ2) is 9.44. The van der Waals surface area contributed by atoms with Gasteiger partial charge in [0.05, 0.1) is 0 Å². The van der Waals surface area contributed by atoms with Crippen LogP contribution < -0.4 is 0 Å². The fraction of sp³-hybridized carbons (Fsp3) is 0.462. The lowest BCUT2D eigenvalue weighted by atomic mass is 9.85. The first kappa shape index (κ1) is 21.9. The van der Waals surface area contributed by atoms with Crippen LogP contribution in [0.25, 0.3) is 0 Å². The Labute approximate surface area is 190 Å². The Hall–Kier alpha value is -2.33. The summed E-state index contributed by atoms with van der Waals surface area (Å²) >= 11 is 6.34. The molecule has 0 spiro atoms. The van der Waals surface area contributed by atoms with Gasteiger partial charge in [-0.2, -0.15) is 0 Å². The van der Waals surface area contributed by atoms with E-state index in [1.54, 1.807) is 4.90 Å². The molecular weight excluding hydrogens is 408 g/mol. The number of rotatable bonds is 5. The third-order valence-corrected chi connectivity index (χ3v) is 7.22. The molecule has 1 aliphatic heterocycles. The normalized spacial score (nSPS) is 24.5. The molecule has 1 aliphatic carbocycles. The quantitative estimate of drug-likeness (QED) is 0.645. The van der Waals surface area contributed by atoms with Gasteiger partial charge < -0.3 is 9.80 Å². The summed E-state index contributed by atoms with van der Waals surface area (Å²) in [6.07, 6.45) is 4.84. The minimum Gasteiger partial charge on any atom is -0.328 e. The van der Waals surface area contributed by atoms with Gasteiger partial charge in [0.2, 0.25) is 5.91 Å². The smallest absolute Gasteiger partial charge is 0.250 e. The predicted octanol–water partition coefficient (Wildman–Crippen LogP) is 5.18. The van der Waals surface area contributed by atoms with E-state index in [4.69, 9.17) is 11.6 Å². The van der Waals surface area contributed by atoms with Crippen molar-refractivity contribution in [3.8, 4) is 0 Å². The van der Waals surface area contributed by atoms with Crippen LogP contribution in [0.1, 0.15) is 55.3 Å². The Kier molecular flexibility index (Phi) is 6.66. The van der Waals surface area contributed by atoms with Crippen molar-refractivity contribution in [2.24, 2.45) is 5.92 Å². The molecule has 4 nitrogen and oxygen atoms in total. The van der Waals surface area contributed by atoms with Crippen LogP contribution >= 0.6 is 11.6 Å². The van der Waals surface area contributed by atoms with E-state index in [9.17, 15) is 9.59 Å². The summed E-state index contributed by atoms with van der Waals surface area (Å²) in [5, 5.41) is 0.697. The summed E-state index contributed by atoms with van der Waals surface area (Å²) < 4.78 is 0. The van der Waals surface area contributed by atoms with Crippen LogP contribution in [-0.4, -0.2) is 40.7 Å². The van der Waals surface area contributed by atoms with Crippen LogP contribution in [0.4, 0.5) is 0 Å². The van der Waals surface area contributed by atoms with Gasteiger partial charge in [-0.3, -0.25) is 9.59 Å². The molecule has 2 aliphatic rings. The lowest BCUT2D eigenvalue weighted by Gasteiger charge is -2.45. The van der Waals surface area contributed by atoms with Crippen LogP contribution in [0.5, 0.6) is 0 Å².